The number of benzene rings is 1. The van der Waals surface area contributed by atoms with Crippen molar-refractivity contribution in [3.8, 4) is 28.7 Å². The van der Waals surface area contributed by atoms with Gasteiger partial charge in [-0.15, -0.1) is 0 Å². The lowest BCUT2D eigenvalue weighted by atomic mass is 10.0. The van der Waals surface area contributed by atoms with Gasteiger partial charge in [-0.3, -0.25) is 4.79 Å². The highest BCUT2D eigenvalue weighted by Gasteiger charge is 2.17. The Kier molecular flexibility index (Phi) is 5.90. The molecule has 0 atom stereocenters. The number of aryl methyl sites for hydroxylation is 1. The number of aromatic amines is 1. The molecule has 0 aliphatic heterocycles. The zero-order chi connectivity index (χ0) is 22.0. The largest absolute Gasteiger partial charge is 0.481 e. The van der Waals surface area contributed by atoms with E-state index in [0.29, 0.717) is 41.0 Å². The van der Waals surface area contributed by atoms with Gasteiger partial charge < -0.3 is 19.4 Å². The molecule has 0 bridgehead atoms. The van der Waals surface area contributed by atoms with Crippen LogP contribution >= 0.6 is 11.6 Å². The second-order valence-corrected chi connectivity index (χ2v) is 7.79. The van der Waals surface area contributed by atoms with E-state index in [4.69, 9.17) is 26.0 Å². The average molecular weight is 441 g/mol. The first-order valence-corrected chi connectivity index (χ1v) is 10.3. The van der Waals surface area contributed by atoms with Crippen LogP contribution in [0.15, 0.2) is 41.2 Å². The summed E-state index contributed by atoms with van der Waals surface area (Å²) in [6.07, 6.45) is 4.75. The van der Waals surface area contributed by atoms with Crippen LogP contribution in [-0.2, 0) is 11.2 Å². The molecule has 0 saturated heterocycles. The molecule has 0 fully saturated rings. The normalized spacial score (nSPS) is 11.4. The predicted molar refractivity (Wildman–Crippen MR) is 116 cm³/mol. The maximum absolute atomic E-state index is 10.8. The minimum atomic E-state index is -0.794. The molecule has 160 valence electrons. The fourth-order valence-corrected chi connectivity index (χ4v) is 3.56. The summed E-state index contributed by atoms with van der Waals surface area (Å²) >= 11 is 6.27. The first-order valence-electron chi connectivity index (χ1n) is 9.90. The number of aliphatic carboxylic acids is 1. The Morgan fingerprint density at radius 2 is 2.16 bits per heavy atom. The van der Waals surface area contributed by atoms with Gasteiger partial charge in [-0.25, -0.2) is 4.98 Å². The number of nitrogens with one attached hydrogen (secondary N) is 1. The lowest BCUT2D eigenvalue weighted by molar-refractivity contribution is -0.137. The first-order chi connectivity index (χ1) is 14.9. The van der Waals surface area contributed by atoms with Crippen LogP contribution in [0.4, 0.5) is 0 Å². The summed E-state index contributed by atoms with van der Waals surface area (Å²) in [6, 6.07) is 7.51. The number of ether oxygens (including phenoxy) is 1. The molecule has 0 amide bonds. The molecule has 4 aromatic rings. The summed E-state index contributed by atoms with van der Waals surface area (Å²) < 4.78 is 11.0. The van der Waals surface area contributed by atoms with Crippen molar-refractivity contribution in [1.29, 1.82) is 0 Å². The van der Waals surface area contributed by atoms with Crippen LogP contribution in [0.5, 0.6) is 5.88 Å². The van der Waals surface area contributed by atoms with Crippen LogP contribution in [0, 0.1) is 0 Å². The third kappa shape index (κ3) is 4.54. The zero-order valence-corrected chi connectivity index (χ0v) is 17.8. The summed E-state index contributed by atoms with van der Waals surface area (Å²) in [5, 5.41) is 14.3. The maximum Gasteiger partial charge on any atom is 0.303 e. The number of hydrogen-bond acceptors (Lipinski definition) is 6. The maximum atomic E-state index is 10.8. The second kappa shape index (κ2) is 8.77. The Bertz CT molecular complexity index is 1230. The first kappa shape index (κ1) is 20.9. The van der Waals surface area contributed by atoms with Gasteiger partial charge in [0.25, 0.3) is 5.89 Å². The number of carboxylic acid groups (broad SMARTS) is 1. The van der Waals surface area contributed by atoms with Gasteiger partial charge in [0.05, 0.1) is 11.7 Å². The summed E-state index contributed by atoms with van der Waals surface area (Å²) in [5.74, 6) is 0.301. The van der Waals surface area contributed by atoms with Crippen LogP contribution < -0.4 is 4.74 Å². The van der Waals surface area contributed by atoms with Crippen LogP contribution in [-0.4, -0.2) is 37.3 Å². The number of rotatable bonds is 8. The monoisotopic (exact) mass is 440 g/mol. The third-order valence-corrected chi connectivity index (χ3v) is 4.99. The summed E-state index contributed by atoms with van der Waals surface area (Å²) in [5.41, 5.74) is 3.39. The van der Waals surface area contributed by atoms with Crippen molar-refractivity contribution in [3.05, 3.63) is 47.2 Å². The molecule has 0 spiro atoms. The SMILES string of the molecule is CC(C)Oc1ncc(-c2nc(-c3ccc(CCCC(=O)O)c4[nH]ccc34)no2)cc1Cl. The average Bonchev–Trinajstić information content (AvgIpc) is 3.39. The van der Waals surface area contributed by atoms with Crippen molar-refractivity contribution in [1.82, 2.24) is 20.1 Å². The lowest BCUT2D eigenvalue weighted by Gasteiger charge is -2.09. The molecule has 0 saturated carbocycles. The molecular formula is C22H21ClN4O4. The Morgan fingerprint density at radius 1 is 1.32 bits per heavy atom. The van der Waals surface area contributed by atoms with Crippen LogP contribution in [0.2, 0.25) is 5.02 Å². The van der Waals surface area contributed by atoms with E-state index in [0.717, 1.165) is 22.0 Å². The molecule has 0 radical (unpaired) electrons. The molecule has 3 aromatic heterocycles. The standard InChI is InChI=1S/C22H21ClN4O4/c1-12(2)30-22-17(23)10-14(11-25-22)21-26-20(27-31-21)16-7-6-13(4-3-5-18(28)29)19-15(16)8-9-24-19/h6-12,24H,3-5H2,1-2H3,(H,28,29). The number of fused-ring (bicyclic) bond motifs is 1. The molecule has 0 aliphatic rings. The molecule has 2 N–H and O–H groups in total. The van der Waals surface area contributed by atoms with Gasteiger partial charge in [0, 0.05) is 35.3 Å². The molecule has 8 nitrogen and oxygen atoms in total. The smallest absolute Gasteiger partial charge is 0.303 e. The van der Waals surface area contributed by atoms with Gasteiger partial charge in [-0.2, -0.15) is 4.98 Å². The fourth-order valence-electron chi connectivity index (χ4n) is 3.35. The van der Waals surface area contributed by atoms with E-state index < -0.39 is 5.97 Å². The van der Waals surface area contributed by atoms with Crippen LogP contribution in [0.3, 0.4) is 0 Å². The number of H-pyrrole nitrogens is 1. The highest BCUT2D eigenvalue weighted by molar-refractivity contribution is 6.32. The van der Waals surface area contributed by atoms with Gasteiger partial charge in [0.1, 0.15) is 5.02 Å². The Balaban J connectivity index is 1.61. The van der Waals surface area contributed by atoms with E-state index in [9.17, 15) is 4.79 Å². The minimum Gasteiger partial charge on any atom is -0.481 e. The van der Waals surface area contributed by atoms with E-state index in [1.165, 1.54) is 0 Å². The Labute approximate surface area is 183 Å². The van der Waals surface area contributed by atoms with Gasteiger partial charge >= 0.3 is 5.97 Å². The van der Waals surface area contributed by atoms with Crippen molar-refractivity contribution in [2.45, 2.75) is 39.2 Å². The molecule has 4 rings (SSSR count). The van der Waals surface area contributed by atoms with Crippen LogP contribution in [0.1, 0.15) is 32.3 Å². The lowest BCUT2D eigenvalue weighted by Crippen LogP contribution is -2.07. The quantitative estimate of drug-likeness (QED) is 0.390. The van der Waals surface area contributed by atoms with E-state index in [2.05, 4.69) is 20.1 Å². The van der Waals surface area contributed by atoms with Gasteiger partial charge in [-0.05, 0) is 44.4 Å². The molecular weight excluding hydrogens is 420 g/mol. The van der Waals surface area contributed by atoms with Crippen molar-refractivity contribution in [2.75, 3.05) is 0 Å². The molecule has 0 aliphatic carbocycles. The van der Waals surface area contributed by atoms with E-state index in [-0.39, 0.29) is 12.5 Å². The Morgan fingerprint density at radius 3 is 2.90 bits per heavy atom. The van der Waals surface area contributed by atoms with Crippen molar-refractivity contribution in [3.63, 3.8) is 0 Å². The van der Waals surface area contributed by atoms with Crippen molar-refractivity contribution >= 4 is 28.5 Å². The molecule has 31 heavy (non-hydrogen) atoms. The van der Waals surface area contributed by atoms with E-state index in [1.807, 2.05) is 38.2 Å². The van der Waals surface area contributed by atoms with Gasteiger partial charge in [0.2, 0.25) is 11.7 Å². The highest BCUT2D eigenvalue weighted by atomic mass is 35.5. The van der Waals surface area contributed by atoms with Crippen molar-refractivity contribution in [2.24, 2.45) is 0 Å². The zero-order valence-electron chi connectivity index (χ0n) is 17.1. The Hall–Kier alpha value is -3.39. The fraction of sp³-hybridized carbons (Fsp3) is 0.273. The summed E-state index contributed by atoms with van der Waals surface area (Å²) in [4.78, 5) is 22.8. The molecule has 3 heterocycles. The number of aromatic nitrogens is 4. The second-order valence-electron chi connectivity index (χ2n) is 7.39. The topological polar surface area (TPSA) is 114 Å². The minimum absolute atomic E-state index is 0.0401. The molecule has 0 unspecified atom stereocenters. The number of hydrogen-bond donors (Lipinski definition) is 2. The number of halogens is 1. The summed E-state index contributed by atoms with van der Waals surface area (Å²) in [7, 11) is 0. The van der Waals surface area contributed by atoms with Gasteiger partial charge in [-0.1, -0.05) is 28.9 Å². The number of nitrogens with zero attached hydrogens (tertiary/aromatic N) is 3. The molecule has 9 heteroatoms. The number of carboxylic acids is 1. The molecule has 1 aromatic carbocycles. The van der Waals surface area contributed by atoms with Gasteiger partial charge in [0.15, 0.2) is 0 Å². The third-order valence-electron chi connectivity index (χ3n) is 4.71. The van der Waals surface area contributed by atoms with E-state index >= 15 is 0 Å². The van der Waals surface area contributed by atoms with E-state index in [1.54, 1.807) is 12.3 Å². The highest BCUT2D eigenvalue weighted by Crippen LogP contribution is 2.32. The number of pyridine rings is 1. The number of carbonyl (C=O) groups is 1. The van der Waals surface area contributed by atoms with Crippen molar-refractivity contribution < 1.29 is 19.2 Å². The van der Waals surface area contributed by atoms with Crippen LogP contribution in [0.25, 0.3) is 33.7 Å². The summed E-state index contributed by atoms with van der Waals surface area (Å²) in [6.45, 7) is 3.80. The predicted octanol–water partition coefficient (Wildman–Crippen LogP) is 5.13.